The zero-order chi connectivity index (χ0) is 52.2. The Kier molecular flexibility index (Phi) is 135. The Bertz CT molecular complexity index is 1730. The van der Waals surface area contributed by atoms with E-state index in [2.05, 4.69) is 27.4 Å². The normalized spacial score (nSPS) is 8.15. The van der Waals surface area contributed by atoms with Gasteiger partial charge in [-0.1, -0.05) is 230 Å². The quantitative estimate of drug-likeness (QED) is 0.0702. The van der Waals surface area contributed by atoms with Crippen LogP contribution in [0.5, 0.6) is 0 Å². The first-order chi connectivity index (χ1) is 30.1. The number of nitrogens with two attached hydrogens (primary N) is 3. The van der Waals surface area contributed by atoms with E-state index in [1.54, 1.807) is 6.92 Å². The third-order valence-electron chi connectivity index (χ3n) is 5.67. The fourth-order valence-electron chi connectivity index (χ4n) is 1.92. The molecule has 12 N–H and O–H groups in total. The number of nitrogens with zero attached hydrogens (tertiary/aromatic N) is 3. The SMILES string of the molecule is C.C.C.CCC(N)=O.CN(C)S(C)(=O)=O.CN(C)S(C)(=O)=O.CN(C)S(C)(=O)=O.CS(=O)(=O)Cl.N.N.NP.NP.[B].[B].[B].[B].[B].c1ccccc1.c1ccccc1.c1ccccc1.c1ccccc1.c1ccccc1. The highest BCUT2D eigenvalue weighted by Gasteiger charge is 2.02. The van der Waals surface area contributed by atoms with E-state index < -0.39 is 39.1 Å². The van der Waals surface area contributed by atoms with Crippen LogP contribution in [0.3, 0.4) is 0 Å². The number of sulfonamides is 3. The summed E-state index contributed by atoms with van der Waals surface area (Å²) in [6.45, 7) is 1.72. The van der Waals surface area contributed by atoms with Crippen molar-refractivity contribution in [2.75, 3.05) is 67.3 Å². The Labute approximate surface area is 478 Å². The van der Waals surface area contributed by atoms with Gasteiger partial charge < -0.3 is 29.0 Å². The molecule has 0 saturated heterocycles. The third kappa shape index (κ3) is 153. The standard InChI is InChI=1S/5C6H6.3C3H9NO2S.C3H7NO.CH3ClO2S.3CH4.5B.2H4NP.2H3N/c5*1-2-4-6-5-3-1;3*1-4(2)7(3,5)6;1-2-3(4)5;1-5(2,3)4;;;;;;;;;2*1-2;;/h5*1-6H;3*1-3H3;2H2,1H3,(H2,4,5);1H3;3*1H4;;;;;;2*1-2H2;2*1H3. The minimum atomic E-state index is -3.19. The Hall–Kier alpha value is -3.44. The van der Waals surface area contributed by atoms with Gasteiger partial charge in [0.15, 0.2) is 0 Å². The maximum atomic E-state index is 10.3. The average Bonchev–Trinajstić information content (AvgIpc) is 3.28. The molecule has 5 aromatic rings. The van der Waals surface area contributed by atoms with Gasteiger partial charge in [0.25, 0.3) is 0 Å². The summed E-state index contributed by atoms with van der Waals surface area (Å²) in [6, 6.07) is 60.0. The van der Waals surface area contributed by atoms with Crippen LogP contribution in [0, 0.1) is 0 Å². The van der Waals surface area contributed by atoms with E-state index in [0.717, 1.165) is 37.9 Å². The van der Waals surface area contributed by atoms with Gasteiger partial charge in [-0.25, -0.2) is 46.6 Å². The highest BCUT2D eigenvalue weighted by molar-refractivity contribution is 8.13. The van der Waals surface area contributed by atoms with E-state index in [1.165, 1.54) is 42.3 Å². The molecule has 5 rings (SSSR count). The van der Waals surface area contributed by atoms with Crippen LogP contribution in [0.4, 0.5) is 0 Å². The lowest BCUT2D eigenvalue weighted by Crippen LogP contribution is -2.19. The maximum absolute atomic E-state index is 10.3. The molecule has 0 saturated carbocycles. The smallest absolute Gasteiger partial charge is 0.229 e. The lowest BCUT2D eigenvalue weighted by Gasteiger charge is -2.02. The minimum Gasteiger partial charge on any atom is -0.370 e. The van der Waals surface area contributed by atoms with Crippen LogP contribution < -0.4 is 29.0 Å². The van der Waals surface area contributed by atoms with E-state index in [0.29, 0.717) is 6.42 Å². The average molecular weight is 1180 g/mol. The molecular weight excluding hydrogens is 1090 g/mol. The number of halogens is 1. The summed E-state index contributed by atoms with van der Waals surface area (Å²) < 4.78 is 83.8. The second kappa shape index (κ2) is 84.5. The van der Waals surface area contributed by atoms with Crippen molar-refractivity contribution in [2.45, 2.75) is 35.6 Å². The molecule has 0 fully saturated rings. The first-order valence-electron chi connectivity index (χ1n) is 18.6. The molecule has 75 heavy (non-hydrogen) atoms. The van der Waals surface area contributed by atoms with Crippen molar-refractivity contribution < 1.29 is 38.5 Å². The number of carbonyl (C=O) groups is 1. The van der Waals surface area contributed by atoms with Crippen LogP contribution in [0.15, 0.2) is 182 Å². The predicted molar refractivity (Wildman–Crippen MR) is 345 cm³/mol. The van der Waals surface area contributed by atoms with E-state index in [9.17, 15) is 38.5 Å². The molecule has 0 aliphatic heterocycles. The van der Waals surface area contributed by atoms with Crippen molar-refractivity contribution in [3.63, 3.8) is 0 Å². The van der Waals surface area contributed by atoms with Gasteiger partial charge in [-0.15, -0.1) is 0 Å². The molecule has 1 amide bonds. The molecule has 29 heteroatoms. The Morgan fingerprint density at radius 2 is 0.400 bits per heavy atom. The Balaban J connectivity index is -0.0000000325. The molecule has 17 nitrogen and oxygen atoms in total. The largest absolute Gasteiger partial charge is 0.370 e. The number of primary amides is 1. The summed E-state index contributed by atoms with van der Waals surface area (Å²) in [5, 5.41) is 0. The molecule has 0 aliphatic rings. The Morgan fingerprint density at radius 1 is 0.360 bits per heavy atom. The zero-order valence-electron chi connectivity index (χ0n) is 43.7. The molecule has 2 unspecified atom stereocenters. The molecule has 0 spiro atoms. The third-order valence-corrected chi connectivity index (χ3v) is 9.65. The molecule has 5 aromatic carbocycles. The lowest BCUT2D eigenvalue weighted by atomic mass is 10.4. The van der Waals surface area contributed by atoms with E-state index in [-0.39, 0.29) is 82.6 Å². The summed E-state index contributed by atoms with van der Waals surface area (Å²) in [6.07, 6.45) is 4.85. The monoisotopic (exact) mass is 1180 g/mol. The highest BCUT2D eigenvalue weighted by Crippen LogP contribution is 1.86. The number of hydrogen-bond donors (Lipinski definition) is 5. The van der Waals surface area contributed by atoms with Crippen molar-refractivity contribution in [1.82, 2.24) is 25.2 Å². The summed E-state index contributed by atoms with van der Waals surface area (Å²) in [4.78, 5) is 9.59. The van der Waals surface area contributed by atoms with Crippen molar-refractivity contribution in [2.24, 2.45) is 16.7 Å². The number of hydrogen-bond acceptors (Lipinski definition) is 13. The topological polar surface area (TPSA) is 311 Å². The minimum absolute atomic E-state index is 0. The first kappa shape index (κ1) is 120. The van der Waals surface area contributed by atoms with E-state index in [1.807, 2.05) is 201 Å². The predicted octanol–water partition coefficient (Wildman–Crippen LogP) is 6.82. The number of amides is 1. The molecule has 2 atom stereocenters. The van der Waals surface area contributed by atoms with Crippen LogP contribution in [0.2, 0.25) is 0 Å². The summed E-state index contributed by atoms with van der Waals surface area (Å²) in [5.74, 6) is -0.245. The summed E-state index contributed by atoms with van der Waals surface area (Å²) in [7, 11) is 5.39. The number of rotatable bonds is 4. The van der Waals surface area contributed by atoms with Gasteiger partial charge in [-0.05, 0) is 0 Å². The molecule has 427 valence electrons. The van der Waals surface area contributed by atoms with Gasteiger partial charge in [0, 0.05) is 101 Å². The van der Waals surface area contributed by atoms with Gasteiger partial charge in [-0.3, -0.25) is 4.79 Å². The van der Waals surface area contributed by atoms with Gasteiger partial charge in [0.05, 0.1) is 25.0 Å². The van der Waals surface area contributed by atoms with Gasteiger partial charge >= 0.3 is 0 Å². The number of carbonyl (C=O) groups excluding carboxylic acids is 1. The molecular formula is C46H93B5ClN8O9P2S4. The molecule has 0 aliphatic carbocycles. The van der Waals surface area contributed by atoms with Crippen molar-refractivity contribution in [3.8, 4) is 0 Å². The van der Waals surface area contributed by atoms with E-state index in [4.69, 9.17) is 0 Å². The fourth-order valence-corrected chi connectivity index (χ4v) is 1.92. The van der Waals surface area contributed by atoms with Crippen LogP contribution in [-0.2, 0) is 43.9 Å². The second-order valence-corrected chi connectivity index (χ2v) is 21.5. The molecule has 15 radical (unpaired) electrons. The van der Waals surface area contributed by atoms with E-state index >= 15 is 0 Å². The van der Waals surface area contributed by atoms with Crippen LogP contribution >= 0.6 is 29.5 Å². The number of benzene rings is 5. The highest BCUT2D eigenvalue weighted by atomic mass is 35.7. The van der Waals surface area contributed by atoms with Crippen LogP contribution in [-0.4, -0.2) is 162 Å². The second-order valence-electron chi connectivity index (χ2n) is 11.9. The van der Waals surface area contributed by atoms with Gasteiger partial charge in [0.1, 0.15) is 0 Å². The van der Waals surface area contributed by atoms with Crippen molar-refractivity contribution in [1.29, 1.82) is 0 Å². The summed E-state index contributed by atoms with van der Waals surface area (Å²) >= 11 is 0. The van der Waals surface area contributed by atoms with Crippen molar-refractivity contribution in [3.05, 3.63) is 182 Å². The van der Waals surface area contributed by atoms with Gasteiger partial charge in [-0.2, -0.15) is 0 Å². The zero-order valence-corrected chi connectivity index (χ0v) is 50.1. The lowest BCUT2D eigenvalue weighted by molar-refractivity contribution is -0.117. The van der Waals surface area contributed by atoms with Gasteiger partial charge in [0.2, 0.25) is 45.0 Å². The first-order valence-corrected chi connectivity index (χ1v) is 28.2. The van der Waals surface area contributed by atoms with Crippen molar-refractivity contribution >= 4 is 117 Å². The van der Waals surface area contributed by atoms with Crippen LogP contribution in [0.1, 0.15) is 35.6 Å². The molecule has 0 bridgehead atoms. The Morgan fingerprint density at radius 3 is 0.413 bits per heavy atom. The van der Waals surface area contributed by atoms with Crippen LogP contribution in [0.25, 0.3) is 0 Å². The fraction of sp³-hybridized carbons (Fsp3) is 0.326. The molecule has 0 aromatic heterocycles. The summed E-state index contributed by atoms with van der Waals surface area (Å²) in [5.41, 5.74) is 13.5. The molecule has 0 heterocycles. The maximum Gasteiger partial charge on any atom is 0.229 e.